The first-order chi connectivity index (χ1) is 15.2. The van der Waals surface area contributed by atoms with Crippen LogP contribution in [0, 0.1) is 0 Å². The maximum atomic E-state index is 5.08. The van der Waals surface area contributed by atoms with Crippen LogP contribution < -0.4 is 9.80 Å². The van der Waals surface area contributed by atoms with Crippen molar-refractivity contribution in [3.05, 3.63) is 36.9 Å². The highest BCUT2D eigenvalue weighted by atomic mass is 16.6. The quantitative estimate of drug-likeness (QED) is 0.423. The maximum Gasteiger partial charge on any atom is 0.225 e. The first kappa shape index (κ1) is 20.6. The summed E-state index contributed by atoms with van der Waals surface area (Å²) in [5.41, 5.74) is 4.76. The summed E-state index contributed by atoms with van der Waals surface area (Å²) in [4.78, 5) is 22.3. The van der Waals surface area contributed by atoms with E-state index in [1.807, 2.05) is 36.9 Å². The first-order valence-corrected chi connectivity index (χ1v) is 10.6. The van der Waals surface area contributed by atoms with Gasteiger partial charge in [0.1, 0.15) is 11.0 Å². The SMILES string of the molecule is CCN(CC)c1ncc(-c2ccc(-c3cnc(N(CC)CC)nc3)c3nonc23)cn1. The van der Waals surface area contributed by atoms with Gasteiger partial charge in [0, 0.05) is 73.2 Å². The summed E-state index contributed by atoms with van der Waals surface area (Å²) < 4.78 is 5.08. The number of anilines is 2. The molecule has 0 fully saturated rings. The summed E-state index contributed by atoms with van der Waals surface area (Å²) in [6, 6.07) is 3.96. The molecule has 9 nitrogen and oxygen atoms in total. The number of nitrogens with zero attached hydrogens (tertiary/aromatic N) is 8. The van der Waals surface area contributed by atoms with Crippen molar-refractivity contribution in [2.24, 2.45) is 0 Å². The number of aromatic nitrogens is 6. The highest BCUT2D eigenvalue weighted by Crippen LogP contribution is 2.33. The van der Waals surface area contributed by atoms with Crippen LogP contribution in [0.5, 0.6) is 0 Å². The Balaban J connectivity index is 1.69. The van der Waals surface area contributed by atoms with Crippen molar-refractivity contribution in [1.82, 2.24) is 30.2 Å². The van der Waals surface area contributed by atoms with Gasteiger partial charge in [0.2, 0.25) is 11.9 Å². The minimum atomic E-state index is 0.657. The summed E-state index contributed by atoms with van der Waals surface area (Å²) in [6.45, 7) is 11.8. The topological polar surface area (TPSA) is 97.0 Å². The van der Waals surface area contributed by atoms with E-state index in [0.717, 1.165) is 48.4 Å². The van der Waals surface area contributed by atoms with Crippen LogP contribution in [0.3, 0.4) is 0 Å². The van der Waals surface area contributed by atoms with Gasteiger partial charge in [-0.15, -0.1) is 0 Å². The molecule has 9 heteroatoms. The molecule has 0 unspecified atom stereocenters. The van der Waals surface area contributed by atoms with Crippen LogP contribution in [0.25, 0.3) is 33.3 Å². The molecule has 0 atom stereocenters. The molecule has 0 saturated heterocycles. The fourth-order valence-electron chi connectivity index (χ4n) is 3.59. The second kappa shape index (κ2) is 9.03. The van der Waals surface area contributed by atoms with Gasteiger partial charge in [0.05, 0.1) is 0 Å². The Morgan fingerprint density at radius 2 is 0.968 bits per heavy atom. The van der Waals surface area contributed by atoms with Crippen molar-refractivity contribution in [3.8, 4) is 22.3 Å². The Bertz CT molecular complexity index is 1040. The molecular formula is C22H26N8O. The normalized spacial score (nSPS) is 11.1. The Kier molecular flexibility index (Phi) is 6.01. The van der Waals surface area contributed by atoms with Crippen molar-refractivity contribution in [1.29, 1.82) is 0 Å². The average molecular weight is 419 g/mol. The van der Waals surface area contributed by atoms with E-state index in [-0.39, 0.29) is 0 Å². The Labute approximate surface area is 181 Å². The molecule has 0 N–H and O–H groups in total. The van der Waals surface area contributed by atoms with E-state index in [1.165, 1.54) is 0 Å². The Hall–Kier alpha value is -3.62. The molecule has 4 rings (SSSR count). The highest BCUT2D eigenvalue weighted by molar-refractivity contribution is 5.99. The second-order valence-electron chi connectivity index (χ2n) is 7.01. The summed E-state index contributed by atoms with van der Waals surface area (Å²) in [6.07, 6.45) is 7.25. The van der Waals surface area contributed by atoms with E-state index < -0.39 is 0 Å². The lowest BCUT2D eigenvalue weighted by Gasteiger charge is -2.18. The molecule has 31 heavy (non-hydrogen) atoms. The molecule has 1 aromatic carbocycles. The van der Waals surface area contributed by atoms with Crippen molar-refractivity contribution >= 4 is 22.9 Å². The van der Waals surface area contributed by atoms with Crippen LogP contribution in [-0.2, 0) is 0 Å². The molecular weight excluding hydrogens is 392 g/mol. The molecule has 0 aliphatic heterocycles. The fraction of sp³-hybridized carbons (Fsp3) is 0.364. The molecule has 0 amide bonds. The third-order valence-electron chi connectivity index (χ3n) is 5.41. The molecule has 3 heterocycles. The molecule has 0 radical (unpaired) electrons. The smallest absolute Gasteiger partial charge is 0.225 e. The third-order valence-corrected chi connectivity index (χ3v) is 5.41. The second-order valence-corrected chi connectivity index (χ2v) is 7.01. The van der Waals surface area contributed by atoms with Gasteiger partial charge < -0.3 is 9.80 Å². The zero-order valence-electron chi connectivity index (χ0n) is 18.3. The standard InChI is InChI=1S/C22H26N8O/c1-5-29(6-2)21-23-11-15(12-24-21)17-9-10-18(20-19(17)27-31-28-20)16-13-25-22(26-14-16)30(7-3)8-4/h9-14H,5-8H2,1-4H3. The van der Waals surface area contributed by atoms with Gasteiger partial charge in [-0.05, 0) is 38.0 Å². The van der Waals surface area contributed by atoms with Crippen molar-refractivity contribution in [2.75, 3.05) is 36.0 Å². The van der Waals surface area contributed by atoms with Crippen LogP contribution in [-0.4, -0.2) is 56.4 Å². The molecule has 0 saturated carbocycles. The molecule has 4 aromatic rings. The molecule has 0 aliphatic rings. The number of fused-ring (bicyclic) bond motifs is 1. The zero-order chi connectivity index (χ0) is 21.8. The Morgan fingerprint density at radius 1 is 0.613 bits per heavy atom. The number of rotatable bonds is 8. The van der Waals surface area contributed by atoms with Gasteiger partial charge in [0.15, 0.2) is 0 Å². The highest BCUT2D eigenvalue weighted by Gasteiger charge is 2.16. The van der Waals surface area contributed by atoms with Gasteiger partial charge >= 0.3 is 0 Å². The van der Waals surface area contributed by atoms with E-state index >= 15 is 0 Å². The molecule has 160 valence electrons. The number of hydrogen-bond acceptors (Lipinski definition) is 9. The minimum Gasteiger partial charge on any atom is -0.341 e. The largest absolute Gasteiger partial charge is 0.341 e. The molecule has 0 bridgehead atoms. The summed E-state index contributed by atoms with van der Waals surface area (Å²) in [7, 11) is 0. The van der Waals surface area contributed by atoms with E-state index in [0.29, 0.717) is 22.9 Å². The first-order valence-electron chi connectivity index (χ1n) is 10.6. The van der Waals surface area contributed by atoms with Gasteiger partial charge in [0.25, 0.3) is 0 Å². The van der Waals surface area contributed by atoms with Crippen LogP contribution >= 0.6 is 0 Å². The zero-order valence-corrected chi connectivity index (χ0v) is 18.3. The van der Waals surface area contributed by atoms with E-state index in [1.54, 1.807) is 0 Å². The third kappa shape index (κ3) is 3.90. The van der Waals surface area contributed by atoms with Crippen LogP contribution in [0.15, 0.2) is 41.5 Å². The van der Waals surface area contributed by atoms with E-state index in [9.17, 15) is 0 Å². The average Bonchev–Trinajstić information content (AvgIpc) is 3.31. The van der Waals surface area contributed by atoms with Gasteiger partial charge in [-0.1, -0.05) is 12.1 Å². The summed E-state index contributed by atoms with van der Waals surface area (Å²) >= 11 is 0. The lowest BCUT2D eigenvalue weighted by atomic mass is 10.0. The molecule has 3 aromatic heterocycles. The van der Waals surface area contributed by atoms with Crippen molar-refractivity contribution in [2.45, 2.75) is 27.7 Å². The number of benzene rings is 1. The number of hydrogen-bond donors (Lipinski definition) is 0. The lowest BCUT2D eigenvalue weighted by Crippen LogP contribution is -2.23. The lowest BCUT2D eigenvalue weighted by molar-refractivity contribution is 0.315. The summed E-state index contributed by atoms with van der Waals surface area (Å²) in [5.74, 6) is 1.43. The van der Waals surface area contributed by atoms with Gasteiger partial charge in [-0.3, -0.25) is 0 Å². The maximum absolute atomic E-state index is 5.08. The van der Waals surface area contributed by atoms with Crippen LogP contribution in [0.1, 0.15) is 27.7 Å². The van der Waals surface area contributed by atoms with Crippen molar-refractivity contribution in [3.63, 3.8) is 0 Å². The predicted molar refractivity (Wildman–Crippen MR) is 121 cm³/mol. The molecule has 0 spiro atoms. The van der Waals surface area contributed by atoms with Crippen LogP contribution in [0.4, 0.5) is 11.9 Å². The van der Waals surface area contributed by atoms with Crippen LogP contribution in [0.2, 0.25) is 0 Å². The Morgan fingerprint density at radius 3 is 1.29 bits per heavy atom. The summed E-state index contributed by atoms with van der Waals surface area (Å²) in [5, 5.41) is 8.28. The monoisotopic (exact) mass is 418 g/mol. The predicted octanol–water partition coefficient (Wildman–Crippen LogP) is 3.83. The minimum absolute atomic E-state index is 0.657. The van der Waals surface area contributed by atoms with Gasteiger partial charge in [-0.2, -0.15) is 0 Å². The molecule has 0 aliphatic carbocycles. The fourth-order valence-corrected chi connectivity index (χ4v) is 3.59. The van der Waals surface area contributed by atoms with E-state index in [4.69, 9.17) is 4.63 Å². The van der Waals surface area contributed by atoms with E-state index in [2.05, 4.69) is 67.7 Å². The van der Waals surface area contributed by atoms with Crippen molar-refractivity contribution < 1.29 is 4.63 Å². The van der Waals surface area contributed by atoms with Gasteiger partial charge in [-0.25, -0.2) is 24.6 Å².